The zero-order valence-electron chi connectivity index (χ0n) is 12.8. The Balaban J connectivity index is 1.79. The fraction of sp³-hybridized carbons (Fsp3) is 0.0588. The Morgan fingerprint density at radius 1 is 1.04 bits per heavy atom. The van der Waals surface area contributed by atoms with Crippen molar-refractivity contribution in [2.24, 2.45) is 0 Å². The number of halogens is 5. The van der Waals surface area contributed by atoms with Crippen LogP contribution in [0.4, 0.5) is 27.1 Å². The van der Waals surface area contributed by atoms with Crippen molar-refractivity contribution >= 4 is 22.4 Å². The number of hydrogen-bond acceptors (Lipinski definition) is 3. The molecule has 0 radical (unpaired) electrons. The van der Waals surface area contributed by atoms with Gasteiger partial charge in [-0.1, -0.05) is 6.07 Å². The maximum Gasteiger partial charge on any atom is 0.416 e. The summed E-state index contributed by atoms with van der Waals surface area (Å²) in [6, 6.07) is 7.21. The summed E-state index contributed by atoms with van der Waals surface area (Å²) < 4.78 is 64.4. The first kappa shape index (κ1) is 18.0. The number of nitrogens with one attached hydrogen (secondary N) is 1. The second-order valence-corrected chi connectivity index (χ2v) is 6.06. The van der Waals surface area contributed by atoms with Crippen LogP contribution in [0.2, 0.25) is 0 Å². The topological polar surface area (TPSA) is 42.0 Å². The maximum atomic E-state index is 13.3. The highest BCUT2D eigenvalue weighted by molar-refractivity contribution is 7.14. The summed E-state index contributed by atoms with van der Waals surface area (Å²) in [6.45, 7) is 0. The first-order valence-electron chi connectivity index (χ1n) is 7.13. The van der Waals surface area contributed by atoms with E-state index in [1.807, 2.05) is 0 Å². The Labute approximate surface area is 148 Å². The Morgan fingerprint density at radius 2 is 1.81 bits per heavy atom. The fourth-order valence-corrected chi connectivity index (χ4v) is 2.84. The number of alkyl halides is 3. The number of benzene rings is 2. The second kappa shape index (κ2) is 6.83. The second-order valence-electron chi connectivity index (χ2n) is 5.20. The summed E-state index contributed by atoms with van der Waals surface area (Å²) in [7, 11) is 0. The Morgan fingerprint density at radius 3 is 2.50 bits per heavy atom. The average Bonchev–Trinajstić information content (AvgIpc) is 3.05. The third kappa shape index (κ3) is 3.88. The van der Waals surface area contributed by atoms with Gasteiger partial charge in [0.15, 0.2) is 16.8 Å². The number of carbonyl (C=O) groups excluding carboxylic acids is 1. The SMILES string of the molecule is O=C(Nc1nc(-c2ccc(F)c(F)c2)cs1)c1cccc(C(F)(F)F)c1. The van der Waals surface area contributed by atoms with Crippen LogP contribution in [0.3, 0.4) is 0 Å². The van der Waals surface area contributed by atoms with Gasteiger partial charge in [-0.25, -0.2) is 13.8 Å². The molecule has 0 saturated carbocycles. The average molecular weight is 384 g/mol. The molecule has 0 fully saturated rings. The van der Waals surface area contributed by atoms with E-state index in [0.717, 1.165) is 41.7 Å². The van der Waals surface area contributed by atoms with Gasteiger partial charge in [0.2, 0.25) is 0 Å². The van der Waals surface area contributed by atoms with E-state index in [1.165, 1.54) is 17.5 Å². The summed E-state index contributed by atoms with van der Waals surface area (Å²) >= 11 is 1.01. The monoisotopic (exact) mass is 384 g/mol. The molecule has 1 heterocycles. The maximum absolute atomic E-state index is 13.3. The van der Waals surface area contributed by atoms with Crippen molar-refractivity contribution in [2.45, 2.75) is 6.18 Å². The molecule has 134 valence electrons. The van der Waals surface area contributed by atoms with Crippen molar-refractivity contribution in [1.82, 2.24) is 4.98 Å². The highest BCUT2D eigenvalue weighted by Gasteiger charge is 2.30. The van der Waals surface area contributed by atoms with Gasteiger partial charge in [0.25, 0.3) is 5.91 Å². The van der Waals surface area contributed by atoms with E-state index in [0.29, 0.717) is 11.3 Å². The predicted octanol–water partition coefficient (Wildman–Crippen LogP) is 5.36. The molecule has 0 unspecified atom stereocenters. The molecule has 1 amide bonds. The zero-order valence-corrected chi connectivity index (χ0v) is 13.6. The van der Waals surface area contributed by atoms with E-state index in [2.05, 4.69) is 10.3 Å². The molecule has 0 spiro atoms. The van der Waals surface area contributed by atoms with Crippen LogP contribution in [0.15, 0.2) is 47.8 Å². The molecule has 9 heteroatoms. The van der Waals surface area contributed by atoms with Crippen molar-refractivity contribution in [3.63, 3.8) is 0 Å². The van der Waals surface area contributed by atoms with Crippen LogP contribution in [0, 0.1) is 11.6 Å². The molecule has 3 aromatic rings. The van der Waals surface area contributed by atoms with E-state index in [9.17, 15) is 26.7 Å². The molecule has 3 nitrogen and oxygen atoms in total. The quantitative estimate of drug-likeness (QED) is 0.618. The number of rotatable bonds is 3. The van der Waals surface area contributed by atoms with Gasteiger partial charge in [-0.3, -0.25) is 10.1 Å². The molecule has 0 aliphatic heterocycles. The molecule has 0 saturated heterocycles. The zero-order chi connectivity index (χ0) is 18.9. The lowest BCUT2D eigenvalue weighted by Gasteiger charge is -2.08. The molecule has 3 rings (SSSR count). The minimum Gasteiger partial charge on any atom is -0.298 e. The van der Waals surface area contributed by atoms with Crippen LogP contribution in [0.5, 0.6) is 0 Å². The highest BCUT2D eigenvalue weighted by Crippen LogP contribution is 2.30. The summed E-state index contributed by atoms with van der Waals surface area (Å²) in [5.41, 5.74) is -0.510. The lowest BCUT2D eigenvalue weighted by atomic mass is 10.1. The van der Waals surface area contributed by atoms with Gasteiger partial charge < -0.3 is 0 Å². The standard InChI is InChI=1S/C17H9F5N2OS/c18-12-5-4-9(7-13(12)19)14-8-26-16(23-14)24-15(25)10-2-1-3-11(6-10)17(20,21)22/h1-8H,(H,23,24,25). The lowest BCUT2D eigenvalue weighted by molar-refractivity contribution is -0.137. The Hall–Kier alpha value is -2.81. The summed E-state index contributed by atoms with van der Waals surface area (Å²) in [4.78, 5) is 16.2. The smallest absolute Gasteiger partial charge is 0.298 e. The number of nitrogens with zero attached hydrogens (tertiary/aromatic N) is 1. The molecule has 1 aromatic heterocycles. The van der Waals surface area contributed by atoms with Crippen molar-refractivity contribution in [2.75, 3.05) is 5.32 Å². The summed E-state index contributed by atoms with van der Waals surface area (Å²) in [5.74, 6) is -2.80. The molecule has 0 bridgehead atoms. The Bertz CT molecular complexity index is 968. The summed E-state index contributed by atoms with van der Waals surface area (Å²) in [5, 5.41) is 4.01. The molecule has 0 aliphatic rings. The summed E-state index contributed by atoms with van der Waals surface area (Å²) in [6.07, 6.45) is -4.56. The fourth-order valence-electron chi connectivity index (χ4n) is 2.13. The predicted molar refractivity (Wildman–Crippen MR) is 86.9 cm³/mol. The molecular weight excluding hydrogens is 375 g/mol. The van der Waals surface area contributed by atoms with Gasteiger partial charge >= 0.3 is 6.18 Å². The van der Waals surface area contributed by atoms with Crippen LogP contribution in [0.25, 0.3) is 11.3 Å². The van der Waals surface area contributed by atoms with Gasteiger partial charge in [-0.15, -0.1) is 11.3 Å². The van der Waals surface area contributed by atoms with Crippen molar-refractivity contribution < 1.29 is 26.7 Å². The third-order valence-corrected chi connectivity index (χ3v) is 4.15. The Kier molecular flexibility index (Phi) is 4.73. The lowest BCUT2D eigenvalue weighted by Crippen LogP contribution is -2.13. The van der Waals surface area contributed by atoms with Crippen molar-refractivity contribution in [3.05, 3.63) is 70.6 Å². The number of thiazole rings is 1. The normalized spacial score (nSPS) is 11.4. The van der Waals surface area contributed by atoms with Crippen LogP contribution in [0.1, 0.15) is 15.9 Å². The van der Waals surface area contributed by atoms with Crippen LogP contribution in [-0.2, 0) is 6.18 Å². The van der Waals surface area contributed by atoms with Gasteiger partial charge in [0.1, 0.15) is 0 Å². The van der Waals surface area contributed by atoms with E-state index in [1.54, 1.807) is 0 Å². The number of carbonyl (C=O) groups is 1. The number of aromatic nitrogens is 1. The van der Waals surface area contributed by atoms with Crippen LogP contribution in [-0.4, -0.2) is 10.9 Å². The van der Waals surface area contributed by atoms with E-state index in [-0.39, 0.29) is 10.7 Å². The van der Waals surface area contributed by atoms with E-state index in [4.69, 9.17) is 0 Å². The highest BCUT2D eigenvalue weighted by atomic mass is 32.1. The van der Waals surface area contributed by atoms with Crippen LogP contribution >= 0.6 is 11.3 Å². The number of hydrogen-bond donors (Lipinski definition) is 1. The van der Waals surface area contributed by atoms with E-state index >= 15 is 0 Å². The number of anilines is 1. The third-order valence-electron chi connectivity index (χ3n) is 3.39. The van der Waals surface area contributed by atoms with Crippen molar-refractivity contribution in [1.29, 1.82) is 0 Å². The molecule has 2 aromatic carbocycles. The van der Waals surface area contributed by atoms with Gasteiger partial charge in [0.05, 0.1) is 11.3 Å². The van der Waals surface area contributed by atoms with Crippen LogP contribution < -0.4 is 5.32 Å². The molecule has 26 heavy (non-hydrogen) atoms. The van der Waals surface area contributed by atoms with Crippen molar-refractivity contribution in [3.8, 4) is 11.3 Å². The number of amides is 1. The molecule has 1 N–H and O–H groups in total. The largest absolute Gasteiger partial charge is 0.416 e. The van der Waals surface area contributed by atoms with Gasteiger partial charge in [-0.2, -0.15) is 13.2 Å². The minimum atomic E-state index is -4.56. The first-order valence-corrected chi connectivity index (χ1v) is 8.01. The van der Waals surface area contributed by atoms with E-state index < -0.39 is 29.3 Å². The molecule has 0 atom stereocenters. The first-order chi connectivity index (χ1) is 12.2. The van der Waals surface area contributed by atoms with Gasteiger partial charge in [0, 0.05) is 16.5 Å². The molecule has 0 aliphatic carbocycles. The minimum absolute atomic E-state index is 0.118. The van der Waals surface area contributed by atoms with Gasteiger partial charge in [-0.05, 0) is 36.4 Å². The molecular formula is C17H9F5N2OS.